The highest BCUT2D eigenvalue weighted by molar-refractivity contribution is 7.95. The van der Waals surface area contributed by atoms with Crippen molar-refractivity contribution in [3.8, 4) is 0 Å². The van der Waals surface area contributed by atoms with Crippen LogP contribution in [0, 0.1) is 6.92 Å². The predicted molar refractivity (Wildman–Crippen MR) is 125 cm³/mol. The second kappa shape index (κ2) is 8.55. The summed E-state index contributed by atoms with van der Waals surface area (Å²) in [6.45, 7) is 2.23. The van der Waals surface area contributed by atoms with Gasteiger partial charge in [-0.25, -0.2) is 0 Å². The highest BCUT2D eigenvalue weighted by Gasteiger charge is 2.44. The van der Waals surface area contributed by atoms with Gasteiger partial charge in [0.25, 0.3) is 0 Å². The first-order valence-corrected chi connectivity index (χ1v) is 11.9. The molecule has 0 spiro atoms. The number of rotatable bonds is 6. The molecule has 0 aliphatic heterocycles. The SMILES string of the molecule is Cc1ccccc1CC[P+](c1ccccc1)(c1ccccc1)c1ccccc1. The lowest BCUT2D eigenvalue weighted by molar-refractivity contribution is 1.11. The molecule has 0 atom stereocenters. The Morgan fingerprint density at radius 3 is 1.32 bits per heavy atom. The van der Waals surface area contributed by atoms with E-state index in [1.165, 1.54) is 27.0 Å². The molecule has 0 bridgehead atoms. The molecular weight excluding hydrogens is 355 g/mol. The minimum absolute atomic E-state index is 1.08. The fraction of sp³-hybridized carbons (Fsp3) is 0.111. The van der Waals surface area contributed by atoms with E-state index in [2.05, 4.69) is 122 Å². The average Bonchev–Trinajstić information content (AvgIpc) is 2.78. The standard InChI is InChI=1S/C27H26P/c1-23-13-11-12-14-24(23)21-22-28(25-15-5-2-6-16-25,26-17-7-3-8-18-26)27-19-9-4-10-20-27/h2-20H,21-22H2,1H3/q+1. The topological polar surface area (TPSA) is 0 Å². The molecule has 0 nitrogen and oxygen atoms in total. The van der Waals surface area contributed by atoms with Crippen molar-refractivity contribution in [3.63, 3.8) is 0 Å². The van der Waals surface area contributed by atoms with Gasteiger partial charge in [0, 0.05) is 6.42 Å². The van der Waals surface area contributed by atoms with E-state index in [4.69, 9.17) is 0 Å². The van der Waals surface area contributed by atoms with Gasteiger partial charge in [-0.3, -0.25) is 0 Å². The summed E-state index contributed by atoms with van der Waals surface area (Å²) in [5.74, 6) is 0. The smallest absolute Gasteiger partial charge is 0.0620 e. The van der Waals surface area contributed by atoms with E-state index in [1.54, 1.807) is 0 Å². The van der Waals surface area contributed by atoms with Gasteiger partial charge in [-0.05, 0) is 54.4 Å². The van der Waals surface area contributed by atoms with Gasteiger partial charge >= 0.3 is 0 Å². The Hall–Kier alpha value is -2.69. The molecule has 4 aromatic carbocycles. The minimum Gasteiger partial charge on any atom is -0.0620 e. The lowest BCUT2D eigenvalue weighted by atomic mass is 10.1. The quantitative estimate of drug-likeness (QED) is 0.385. The molecular formula is C27H26P+. The lowest BCUT2D eigenvalue weighted by Crippen LogP contribution is -2.34. The summed E-state index contributed by atoms with van der Waals surface area (Å²) in [6.07, 6.45) is 2.22. The molecule has 4 rings (SSSR count). The van der Waals surface area contributed by atoms with Crippen molar-refractivity contribution >= 4 is 23.2 Å². The number of hydrogen-bond donors (Lipinski definition) is 0. The maximum absolute atomic E-state index is 2.33. The highest BCUT2D eigenvalue weighted by atomic mass is 31.2. The van der Waals surface area contributed by atoms with E-state index in [-0.39, 0.29) is 0 Å². The van der Waals surface area contributed by atoms with E-state index in [9.17, 15) is 0 Å². The zero-order chi connectivity index (χ0) is 19.2. The molecule has 0 aromatic heterocycles. The lowest BCUT2D eigenvalue weighted by Gasteiger charge is -2.28. The fourth-order valence-electron chi connectivity index (χ4n) is 4.06. The molecule has 0 aliphatic carbocycles. The van der Waals surface area contributed by atoms with Gasteiger partial charge < -0.3 is 0 Å². The molecule has 138 valence electrons. The van der Waals surface area contributed by atoms with Crippen molar-refractivity contribution in [1.29, 1.82) is 0 Å². The van der Waals surface area contributed by atoms with Gasteiger partial charge in [0.1, 0.15) is 23.2 Å². The number of aryl methyl sites for hydroxylation is 2. The van der Waals surface area contributed by atoms with Crippen LogP contribution in [0.25, 0.3) is 0 Å². The van der Waals surface area contributed by atoms with Gasteiger partial charge in [-0.1, -0.05) is 78.9 Å². The average molecular weight is 381 g/mol. The third-order valence-electron chi connectivity index (χ3n) is 5.57. The Bertz CT molecular complexity index is 911. The van der Waals surface area contributed by atoms with Crippen LogP contribution in [0.3, 0.4) is 0 Å². The van der Waals surface area contributed by atoms with E-state index in [0.717, 1.165) is 12.6 Å². The van der Waals surface area contributed by atoms with Gasteiger partial charge in [-0.2, -0.15) is 0 Å². The van der Waals surface area contributed by atoms with Gasteiger partial charge in [0.2, 0.25) is 0 Å². The summed E-state index contributed by atoms with van der Waals surface area (Å²) in [5, 5.41) is 4.38. The summed E-state index contributed by atoms with van der Waals surface area (Å²) in [7, 11) is -1.74. The Balaban J connectivity index is 1.89. The normalized spacial score (nSPS) is 11.3. The molecule has 0 saturated carbocycles. The first-order chi connectivity index (χ1) is 13.8. The van der Waals surface area contributed by atoms with Gasteiger partial charge in [0.15, 0.2) is 0 Å². The summed E-state index contributed by atoms with van der Waals surface area (Å²) in [6, 6.07) is 42.2. The summed E-state index contributed by atoms with van der Waals surface area (Å²) in [4.78, 5) is 0. The Kier molecular flexibility index (Phi) is 5.70. The second-order valence-electron chi connectivity index (χ2n) is 7.22. The second-order valence-corrected chi connectivity index (χ2v) is 10.8. The van der Waals surface area contributed by atoms with Crippen molar-refractivity contribution in [2.24, 2.45) is 0 Å². The van der Waals surface area contributed by atoms with Crippen molar-refractivity contribution in [3.05, 3.63) is 126 Å². The summed E-state index contributed by atoms with van der Waals surface area (Å²) < 4.78 is 0. The van der Waals surface area contributed by atoms with Crippen molar-refractivity contribution in [2.45, 2.75) is 13.3 Å². The number of benzene rings is 4. The van der Waals surface area contributed by atoms with Gasteiger partial charge in [-0.15, -0.1) is 0 Å². The molecule has 0 unspecified atom stereocenters. The zero-order valence-corrected chi connectivity index (χ0v) is 17.2. The van der Waals surface area contributed by atoms with Crippen LogP contribution < -0.4 is 15.9 Å². The van der Waals surface area contributed by atoms with Crippen LogP contribution >= 0.6 is 7.26 Å². The maximum Gasteiger partial charge on any atom is 0.112 e. The van der Waals surface area contributed by atoms with Crippen LogP contribution in [0.5, 0.6) is 0 Å². The van der Waals surface area contributed by atoms with Crippen LogP contribution in [0.15, 0.2) is 115 Å². The molecule has 0 N–H and O–H groups in total. The molecule has 4 aromatic rings. The van der Waals surface area contributed by atoms with E-state index < -0.39 is 7.26 Å². The van der Waals surface area contributed by atoms with Crippen LogP contribution in [-0.4, -0.2) is 6.16 Å². The maximum atomic E-state index is 2.33. The third-order valence-corrected chi connectivity index (χ3v) is 10.0. The van der Waals surface area contributed by atoms with Crippen LogP contribution in [0.2, 0.25) is 0 Å². The Morgan fingerprint density at radius 1 is 0.500 bits per heavy atom. The minimum atomic E-state index is -1.74. The summed E-state index contributed by atoms with van der Waals surface area (Å²) >= 11 is 0. The monoisotopic (exact) mass is 381 g/mol. The van der Waals surface area contributed by atoms with E-state index in [0.29, 0.717) is 0 Å². The molecule has 0 radical (unpaired) electrons. The molecule has 0 saturated heterocycles. The molecule has 1 heteroatoms. The molecule has 0 aliphatic rings. The number of hydrogen-bond acceptors (Lipinski definition) is 0. The fourth-order valence-corrected chi connectivity index (χ4v) is 8.35. The molecule has 0 fully saturated rings. The largest absolute Gasteiger partial charge is 0.112 e. The third kappa shape index (κ3) is 3.66. The molecule has 28 heavy (non-hydrogen) atoms. The van der Waals surface area contributed by atoms with E-state index in [1.807, 2.05) is 0 Å². The van der Waals surface area contributed by atoms with Crippen molar-refractivity contribution in [1.82, 2.24) is 0 Å². The predicted octanol–water partition coefficient (Wildman–Crippen LogP) is 5.53. The van der Waals surface area contributed by atoms with Gasteiger partial charge in [0.05, 0.1) is 6.16 Å². The van der Waals surface area contributed by atoms with Crippen LogP contribution in [0.1, 0.15) is 11.1 Å². The Morgan fingerprint density at radius 2 is 0.893 bits per heavy atom. The van der Waals surface area contributed by atoms with Crippen LogP contribution in [-0.2, 0) is 6.42 Å². The highest BCUT2D eigenvalue weighted by Crippen LogP contribution is 2.55. The van der Waals surface area contributed by atoms with Crippen molar-refractivity contribution < 1.29 is 0 Å². The Labute approximate surface area is 169 Å². The molecule has 0 amide bonds. The van der Waals surface area contributed by atoms with Crippen LogP contribution in [0.4, 0.5) is 0 Å². The zero-order valence-electron chi connectivity index (χ0n) is 16.3. The first kappa shape index (κ1) is 18.7. The van der Waals surface area contributed by atoms with E-state index >= 15 is 0 Å². The van der Waals surface area contributed by atoms with Crippen molar-refractivity contribution in [2.75, 3.05) is 6.16 Å². The summed E-state index contributed by atoms with van der Waals surface area (Å²) in [5.41, 5.74) is 2.84. The molecule has 0 heterocycles. The first-order valence-electron chi connectivity index (χ1n) is 9.90.